The number of methoxy groups -OCH3 is 1. The summed E-state index contributed by atoms with van der Waals surface area (Å²) in [6.45, 7) is 4.10. The summed E-state index contributed by atoms with van der Waals surface area (Å²) >= 11 is 5.61. The fourth-order valence-electron chi connectivity index (χ4n) is 4.11. The van der Waals surface area contributed by atoms with E-state index in [-0.39, 0.29) is 29.9 Å². The van der Waals surface area contributed by atoms with Crippen molar-refractivity contribution >= 4 is 40.7 Å². The number of nitrogens with zero attached hydrogens (tertiary/aromatic N) is 2. The summed E-state index contributed by atoms with van der Waals surface area (Å²) in [5, 5.41) is 4.32. The van der Waals surface area contributed by atoms with Crippen LogP contribution in [0.15, 0.2) is 72.8 Å². The van der Waals surface area contributed by atoms with Crippen LogP contribution in [0.25, 0.3) is 0 Å². The van der Waals surface area contributed by atoms with Crippen LogP contribution in [0, 0.1) is 13.8 Å². The van der Waals surface area contributed by atoms with E-state index in [1.165, 1.54) is 9.91 Å². The molecule has 3 aromatic rings. The van der Waals surface area contributed by atoms with E-state index in [1.54, 1.807) is 31.4 Å². The van der Waals surface area contributed by atoms with Crippen LogP contribution in [0.2, 0.25) is 0 Å². The highest BCUT2D eigenvalue weighted by molar-refractivity contribution is 7.80. The van der Waals surface area contributed by atoms with Gasteiger partial charge < -0.3 is 10.1 Å². The van der Waals surface area contributed by atoms with Crippen LogP contribution in [0.4, 0.5) is 5.69 Å². The number of ether oxygens (including phenoxy) is 1. The summed E-state index contributed by atoms with van der Waals surface area (Å²) in [5.41, 5.74) is 6.63. The standard InChI is InChI=1S/C28H28N4O4S/c1-18-9-14-23(19(2)15-18)29-25(33)16-24-27(35)31(17-20-7-5-4-6-8-20)28(37)32(24)30-26(34)21-10-12-22(36-3)13-11-21/h4-15,24H,16-17H2,1-3H3,(H,29,33)(H,30,34). The van der Waals surface area contributed by atoms with E-state index in [9.17, 15) is 14.4 Å². The Kier molecular flexibility index (Phi) is 7.83. The molecule has 0 bridgehead atoms. The molecule has 1 aliphatic heterocycles. The van der Waals surface area contributed by atoms with E-state index in [1.807, 2.05) is 62.4 Å². The minimum absolute atomic E-state index is 0.125. The quantitative estimate of drug-likeness (QED) is 0.440. The van der Waals surface area contributed by atoms with Gasteiger partial charge >= 0.3 is 0 Å². The zero-order valence-electron chi connectivity index (χ0n) is 20.9. The number of carbonyl (C=O) groups excluding carboxylic acids is 3. The van der Waals surface area contributed by atoms with Crippen LogP contribution in [0.5, 0.6) is 5.75 Å². The monoisotopic (exact) mass is 516 g/mol. The van der Waals surface area contributed by atoms with E-state index in [2.05, 4.69) is 10.7 Å². The Bertz CT molecular complexity index is 1330. The molecule has 0 saturated carbocycles. The van der Waals surface area contributed by atoms with Crippen molar-refractivity contribution in [1.29, 1.82) is 0 Å². The van der Waals surface area contributed by atoms with Gasteiger partial charge in [-0.05, 0) is 67.5 Å². The molecule has 3 aromatic carbocycles. The van der Waals surface area contributed by atoms with Gasteiger partial charge in [0.2, 0.25) is 5.91 Å². The largest absolute Gasteiger partial charge is 0.497 e. The minimum atomic E-state index is -0.996. The number of rotatable bonds is 8. The number of nitrogens with one attached hydrogen (secondary N) is 2. The summed E-state index contributed by atoms with van der Waals surface area (Å²) in [6, 6.07) is 20.7. The topological polar surface area (TPSA) is 91.0 Å². The van der Waals surface area contributed by atoms with Gasteiger partial charge in [-0.25, -0.2) is 5.01 Å². The number of aryl methyl sites for hydroxylation is 2. The highest BCUT2D eigenvalue weighted by Crippen LogP contribution is 2.23. The molecule has 1 saturated heterocycles. The van der Waals surface area contributed by atoms with Gasteiger partial charge in [-0.2, -0.15) is 0 Å². The number of hydrogen-bond donors (Lipinski definition) is 2. The van der Waals surface area contributed by atoms with E-state index < -0.39 is 11.9 Å². The van der Waals surface area contributed by atoms with Gasteiger partial charge in [0, 0.05) is 11.3 Å². The second kappa shape index (κ2) is 11.2. The fourth-order valence-corrected chi connectivity index (χ4v) is 4.44. The Morgan fingerprint density at radius 2 is 1.70 bits per heavy atom. The van der Waals surface area contributed by atoms with Crippen molar-refractivity contribution in [3.63, 3.8) is 0 Å². The maximum atomic E-state index is 13.5. The van der Waals surface area contributed by atoms with Crippen molar-refractivity contribution in [3.8, 4) is 5.75 Å². The Hall–Kier alpha value is -4.24. The lowest BCUT2D eigenvalue weighted by Crippen LogP contribution is -2.49. The van der Waals surface area contributed by atoms with Gasteiger partial charge in [-0.15, -0.1) is 0 Å². The van der Waals surface area contributed by atoms with Crippen molar-refractivity contribution < 1.29 is 19.1 Å². The lowest BCUT2D eigenvalue weighted by atomic mass is 10.1. The van der Waals surface area contributed by atoms with Gasteiger partial charge in [0.15, 0.2) is 5.11 Å². The summed E-state index contributed by atoms with van der Waals surface area (Å²) in [6.07, 6.45) is -0.194. The maximum Gasteiger partial charge on any atom is 0.269 e. The minimum Gasteiger partial charge on any atom is -0.497 e. The molecule has 1 heterocycles. The number of hydrogen-bond acceptors (Lipinski definition) is 5. The van der Waals surface area contributed by atoms with Crippen molar-refractivity contribution in [2.45, 2.75) is 32.9 Å². The van der Waals surface area contributed by atoms with E-state index in [0.717, 1.165) is 16.7 Å². The van der Waals surface area contributed by atoms with Crippen molar-refractivity contribution in [2.75, 3.05) is 12.4 Å². The molecule has 4 rings (SSSR count). The fraction of sp³-hybridized carbons (Fsp3) is 0.214. The molecule has 1 fully saturated rings. The number of carbonyl (C=O) groups is 3. The second-order valence-corrected chi connectivity index (χ2v) is 9.18. The van der Waals surface area contributed by atoms with Gasteiger partial charge in [-0.3, -0.25) is 24.7 Å². The van der Waals surface area contributed by atoms with Crippen molar-refractivity contribution in [2.24, 2.45) is 0 Å². The molecule has 1 atom stereocenters. The molecule has 0 spiro atoms. The third-order valence-corrected chi connectivity index (χ3v) is 6.51. The van der Waals surface area contributed by atoms with E-state index in [0.29, 0.717) is 17.0 Å². The number of benzene rings is 3. The smallest absolute Gasteiger partial charge is 0.269 e. The maximum absolute atomic E-state index is 13.5. The Balaban J connectivity index is 1.56. The first-order valence-corrected chi connectivity index (χ1v) is 12.2. The molecular formula is C28H28N4O4S. The van der Waals surface area contributed by atoms with Gasteiger partial charge in [0.05, 0.1) is 20.1 Å². The second-order valence-electron chi connectivity index (χ2n) is 8.82. The molecular weight excluding hydrogens is 488 g/mol. The van der Waals surface area contributed by atoms with Crippen LogP contribution in [-0.4, -0.2) is 45.9 Å². The first kappa shape index (κ1) is 25.8. The van der Waals surface area contributed by atoms with Crippen LogP contribution in [0.3, 0.4) is 0 Å². The zero-order chi connectivity index (χ0) is 26.5. The van der Waals surface area contributed by atoms with Crippen molar-refractivity contribution in [3.05, 3.63) is 95.1 Å². The van der Waals surface area contributed by atoms with Crippen LogP contribution < -0.4 is 15.5 Å². The number of hydrazine groups is 1. The summed E-state index contributed by atoms with van der Waals surface area (Å²) < 4.78 is 5.15. The van der Waals surface area contributed by atoms with E-state index >= 15 is 0 Å². The molecule has 0 aliphatic carbocycles. The summed E-state index contributed by atoms with van der Waals surface area (Å²) in [7, 11) is 1.54. The molecule has 37 heavy (non-hydrogen) atoms. The molecule has 0 aromatic heterocycles. The number of amides is 3. The molecule has 3 amide bonds. The zero-order valence-corrected chi connectivity index (χ0v) is 21.7. The number of anilines is 1. The average molecular weight is 517 g/mol. The first-order valence-electron chi connectivity index (χ1n) is 11.8. The highest BCUT2D eigenvalue weighted by Gasteiger charge is 2.44. The first-order chi connectivity index (χ1) is 17.8. The molecule has 190 valence electrons. The number of thiocarbonyl (C=S) groups is 1. The Morgan fingerprint density at radius 1 is 1.00 bits per heavy atom. The predicted octanol–water partition coefficient (Wildman–Crippen LogP) is 3.98. The predicted molar refractivity (Wildman–Crippen MR) is 145 cm³/mol. The normalized spacial score (nSPS) is 15.1. The van der Waals surface area contributed by atoms with Crippen LogP contribution in [0.1, 0.15) is 33.5 Å². The molecule has 1 aliphatic rings. The average Bonchev–Trinajstić information content (AvgIpc) is 3.10. The van der Waals surface area contributed by atoms with Gasteiger partial charge in [0.25, 0.3) is 11.8 Å². The summed E-state index contributed by atoms with van der Waals surface area (Å²) in [4.78, 5) is 40.9. The van der Waals surface area contributed by atoms with E-state index in [4.69, 9.17) is 17.0 Å². The van der Waals surface area contributed by atoms with Crippen LogP contribution in [-0.2, 0) is 16.1 Å². The van der Waals surface area contributed by atoms with Crippen molar-refractivity contribution in [1.82, 2.24) is 15.3 Å². The third kappa shape index (κ3) is 5.95. The molecule has 9 heteroatoms. The lowest BCUT2D eigenvalue weighted by Gasteiger charge is -2.24. The third-order valence-electron chi connectivity index (χ3n) is 6.09. The summed E-state index contributed by atoms with van der Waals surface area (Å²) in [5.74, 6) is -0.574. The Labute approximate surface area is 221 Å². The molecule has 8 nitrogen and oxygen atoms in total. The molecule has 1 unspecified atom stereocenters. The molecule has 0 radical (unpaired) electrons. The van der Waals surface area contributed by atoms with Gasteiger partial charge in [0.1, 0.15) is 11.8 Å². The highest BCUT2D eigenvalue weighted by atomic mass is 32.1. The molecule has 2 N–H and O–H groups in total. The Morgan fingerprint density at radius 3 is 2.35 bits per heavy atom. The SMILES string of the molecule is COc1ccc(C(=O)NN2C(=S)N(Cc3ccccc3)C(=O)C2CC(=O)Nc2ccc(C)cc2C)cc1. The van der Waals surface area contributed by atoms with Gasteiger partial charge in [-0.1, -0.05) is 48.0 Å². The van der Waals surface area contributed by atoms with Crippen LogP contribution >= 0.6 is 12.2 Å². The lowest BCUT2D eigenvalue weighted by molar-refractivity contribution is -0.131.